The molecule has 7 heteroatoms. The molecule has 1 aliphatic rings. The van der Waals surface area contributed by atoms with Crippen molar-refractivity contribution in [1.82, 2.24) is 4.65 Å². The molecule has 1 unspecified atom stereocenters. The van der Waals surface area contributed by atoms with Gasteiger partial charge >= 0.3 is 6.09 Å². The first-order chi connectivity index (χ1) is 8.99. The van der Waals surface area contributed by atoms with Gasteiger partial charge in [-0.25, -0.2) is 4.65 Å². The van der Waals surface area contributed by atoms with E-state index in [0.717, 1.165) is 5.56 Å². The van der Waals surface area contributed by atoms with Gasteiger partial charge in [-0.3, -0.25) is 4.42 Å². The number of alkyl halides is 1. The van der Waals surface area contributed by atoms with Crippen molar-refractivity contribution < 1.29 is 9.53 Å². The third-order valence-corrected chi connectivity index (χ3v) is 3.67. The SMILES string of the molecule is Cc1ccc2c(c1)[N+]([O-])(C(=O)OCCBr)CCN2Cl. The minimum atomic E-state index is -1.12. The molecule has 1 aromatic carbocycles. The van der Waals surface area contributed by atoms with Gasteiger partial charge in [0.05, 0.1) is 6.54 Å². The van der Waals surface area contributed by atoms with E-state index in [9.17, 15) is 10.0 Å². The highest BCUT2D eigenvalue weighted by Crippen LogP contribution is 2.39. The average molecular weight is 350 g/mol. The van der Waals surface area contributed by atoms with Crippen LogP contribution < -0.4 is 9.07 Å². The van der Waals surface area contributed by atoms with Gasteiger partial charge in [0.15, 0.2) is 5.69 Å². The quantitative estimate of drug-likeness (QED) is 0.356. The van der Waals surface area contributed by atoms with Crippen molar-refractivity contribution in [2.45, 2.75) is 6.92 Å². The molecule has 0 radical (unpaired) electrons. The van der Waals surface area contributed by atoms with Gasteiger partial charge in [0, 0.05) is 23.2 Å². The molecule has 0 saturated heterocycles. The van der Waals surface area contributed by atoms with Gasteiger partial charge in [-0.05, 0) is 18.6 Å². The monoisotopic (exact) mass is 348 g/mol. The molecule has 0 bridgehead atoms. The number of anilines is 1. The maximum atomic E-state index is 12.8. The number of hydroxylamine groups is 2. The second kappa shape index (κ2) is 5.66. The van der Waals surface area contributed by atoms with E-state index in [1.165, 1.54) is 4.42 Å². The molecule has 0 aromatic heterocycles. The number of nitrogens with zero attached hydrogens (tertiary/aromatic N) is 2. The zero-order valence-corrected chi connectivity index (χ0v) is 12.8. The van der Waals surface area contributed by atoms with Crippen LogP contribution in [0.4, 0.5) is 16.2 Å². The zero-order chi connectivity index (χ0) is 14.0. The van der Waals surface area contributed by atoms with Crippen LogP contribution in [0.2, 0.25) is 0 Å². The lowest BCUT2D eigenvalue weighted by Crippen LogP contribution is -2.55. The van der Waals surface area contributed by atoms with Crippen LogP contribution in [-0.4, -0.2) is 31.1 Å². The fourth-order valence-electron chi connectivity index (χ4n) is 2.02. The molecule has 1 aliphatic heterocycles. The highest BCUT2D eigenvalue weighted by Gasteiger charge is 2.39. The maximum Gasteiger partial charge on any atom is 0.521 e. The molecule has 5 nitrogen and oxygen atoms in total. The number of hydrogen-bond acceptors (Lipinski definition) is 4. The van der Waals surface area contributed by atoms with Gasteiger partial charge in [0.25, 0.3) is 0 Å². The summed E-state index contributed by atoms with van der Waals surface area (Å²) in [4.78, 5) is 12.0. The standard InChI is InChI=1S/C12H14BrClN2O3/c1-9-2-3-10-11(8-9)16(18,6-5-15(10)14)12(17)19-7-4-13/h2-3,8H,4-7H2,1H3. The minimum Gasteiger partial charge on any atom is -0.617 e. The fraction of sp³-hybridized carbons (Fsp3) is 0.417. The predicted molar refractivity (Wildman–Crippen MR) is 79.5 cm³/mol. The van der Waals surface area contributed by atoms with Crippen LogP contribution in [0.3, 0.4) is 0 Å². The topological polar surface area (TPSA) is 52.6 Å². The summed E-state index contributed by atoms with van der Waals surface area (Å²) in [6, 6.07) is 5.29. The Hall–Kier alpha value is -0.820. The van der Waals surface area contributed by atoms with E-state index in [-0.39, 0.29) is 13.2 Å². The average Bonchev–Trinajstić information content (AvgIpc) is 2.40. The summed E-state index contributed by atoms with van der Waals surface area (Å²) in [7, 11) is 0. The molecule has 0 aliphatic carbocycles. The van der Waals surface area contributed by atoms with Crippen molar-refractivity contribution in [3.8, 4) is 0 Å². The molecule has 104 valence electrons. The number of quaternary nitrogens is 1. The van der Waals surface area contributed by atoms with E-state index >= 15 is 0 Å². The van der Waals surface area contributed by atoms with Crippen LogP contribution in [0.25, 0.3) is 0 Å². The molecule has 1 atom stereocenters. The van der Waals surface area contributed by atoms with Crippen LogP contribution >= 0.6 is 27.7 Å². The second-order valence-corrected chi connectivity index (χ2v) is 5.55. The Morgan fingerprint density at radius 1 is 1.63 bits per heavy atom. The van der Waals surface area contributed by atoms with Crippen LogP contribution in [0, 0.1) is 12.1 Å². The summed E-state index contributed by atoms with van der Waals surface area (Å²) >= 11 is 9.22. The van der Waals surface area contributed by atoms with Crippen molar-refractivity contribution in [3.05, 3.63) is 29.0 Å². The van der Waals surface area contributed by atoms with E-state index in [0.29, 0.717) is 23.2 Å². The molecule has 0 saturated carbocycles. The van der Waals surface area contributed by atoms with Crippen molar-refractivity contribution >= 4 is 45.2 Å². The van der Waals surface area contributed by atoms with Crippen LogP contribution in [-0.2, 0) is 4.74 Å². The Bertz CT molecular complexity index is 500. The van der Waals surface area contributed by atoms with Crippen molar-refractivity contribution in [2.24, 2.45) is 0 Å². The highest BCUT2D eigenvalue weighted by molar-refractivity contribution is 9.09. The molecule has 0 fully saturated rings. The van der Waals surface area contributed by atoms with Gasteiger partial charge < -0.3 is 9.94 Å². The fourth-order valence-corrected chi connectivity index (χ4v) is 2.40. The molecular formula is C12H14BrClN2O3. The number of carbonyl (C=O) groups excluding carboxylic acids is 1. The Morgan fingerprint density at radius 3 is 3.05 bits per heavy atom. The van der Waals surface area contributed by atoms with Gasteiger partial charge in [-0.1, -0.05) is 22.0 Å². The molecule has 1 amide bonds. The number of halogens is 2. The Balaban J connectivity index is 2.41. The molecule has 0 N–H and O–H groups in total. The van der Waals surface area contributed by atoms with Crippen molar-refractivity contribution in [2.75, 3.05) is 29.4 Å². The molecule has 1 heterocycles. The number of fused-ring (bicyclic) bond motifs is 1. The molecule has 2 rings (SSSR count). The van der Waals surface area contributed by atoms with Gasteiger partial charge in [-0.15, -0.1) is 0 Å². The molecule has 19 heavy (non-hydrogen) atoms. The van der Waals surface area contributed by atoms with Crippen molar-refractivity contribution in [1.29, 1.82) is 0 Å². The summed E-state index contributed by atoms with van der Waals surface area (Å²) in [5, 5.41) is 13.3. The highest BCUT2D eigenvalue weighted by atomic mass is 79.9. The third kappa shape index (κ3) is 2.72. The number of benzene rings is 1. The number of carbonyl (C=O) groups is 1. The molecule has 0 spiro atoms. The smallest absolute Gasteiger partial charge is 0.521 e. The van der Waals surface area contributed by atoms with E-state index < -0.39 is 10.7 Å². The summed E-state index contributed by atoms with van der Waals surface area (Å²) in [5.74, 6) is 0. The lowest BCUT2D eigenvalue weighted by atomic mass is 10.1. The van der Waals surface area contributed by atoms with E-state index in [2.05, 4.69) is 15.9 Å². The first-order valence-electron chi connectivity index (χ1n) is 5.86. The first-order valence-corrected chi connectivity index (χ1v) is 7.32. The first kappa shape index (κ1) is 14.6. The predicted octanol–water partition coefficient (Wildman–Crippen LogP) is 3.31. The van der Waals surface area contributed by atoms with E-state index in [1.54, 1.807) is 12.1 Å². The number of rotatable bonds is 2. The summed E-state index contributed by atoms with van der Waals surface area (Å²) in [6.45, 7) is 2.38. The Morgan fingerprint density at radius 2 is 2.37 bits per heavy atom. The molecular weight excluding hydrogens is 336 g/mol. The number of ether oxygens (including phenoxy) is 1. The number of hydrogen-bond donors (Lipinski definition) is 0. The minimum absolute atomic E-state index is 0.0427. The lowest BCUT2D eigenvalue weighted by molar-refractivity contribution is 0.124. The zero-order valence-electron chi connectivity index (χ0n) is 10.4. The third-order valence-electron chi connectivity index (χ3n) is 2.99. The van der Waals surface area contributed by atoms with Gasteiger partial charge in [0.1, 0.15) is 18.8 Å². The van der Waals surface area contributed by atoms with Crippen LogP contribution in [0.15, 0.2) is 18.2 Å². The Labute approximate surface area is 125 Å². The van der Waals surface area contributed by atoms with Crippen LogP contribution in [0.1, 0.15) is 5.56 Å². The van der Waals surface area contributed by atoms with E-state index in [1.807, 2.05) is 13.0 Å². The van der Waals surface area contributed by atoms with Crippen molar-refractivity contribution in [3.63, 3.8) is 0 Å². The lowest BCUT2D eigenvalue weighted by Gasteiger charge is -2.43. The normalized spacial score (nSPS) is 22.0. The second-order valence-electron chi connectivity index (χ2n) is 4.34. The Kier molecular flexibility index (Phi) is 4.35. The van der Waals surface area contributed by atoms with E-state index in [4.69, 9.17) is 16.5 Å². The number of aryl methyl sites for hydroxylation is 1. The van der Waals surface area contributed by atoms with Crippen LogP contribution in [0.5, 0.6) is 0 Å². The molecule has 1 aromatic rings. The largest absolute Gasteiger partial charge is 0.617 e. The summed E-state index contributed by atoms with van der Waals surface area (Å²) in [5.41, 5.74) is 1.79. The summed E-state index contributed by atoms with van der Waals surface area (Å²) < 4.78 is 5.32. The summed E-state index contributed by atoms with van der Waals surface area (Å²) in [6.07, 6.45) is -0.795. The van der Waals surface area contributed by atoms with Gasteiger partial charge in [0.2, 0.25) is 0 Å². The maximum absolute atomic E-state index is 12.8. The van der Waals surface area contributed by atoms with Gasteiger partial charge in [-0.2, -0.15) is 4.79 Å². The number of amides is 1.